The molecule has 5 atom stereocenters. The summed E-state index contributed by atoms with van der Waals surface area (Å²) in [6, 6.07) is 7.37. The molecule has 1 aromatic heterocycles. The number of halogens is 1. The largest absolute Gasteiger partial charge is 1.00 e. The summed E-state index contributed by atoms with van der Waals surface area (Å²) < 4.78 is 16.8. The number of phenolic OH excluding ortho intramolecular Hbond substituents is 4. The van der Waals surface area contributed by atoms with Gasteiger partial charge in [0.05, 0.1) is 18.2 Å². The van der Waals surface area contributed by atoms with Crippen LogP contribution in [-0.2, 0) is 4.74 Å². The molecule has 0 unspecified atom stereocenters. The zero-order valence-corrected chi connectivity index (χ0v) is 17.5. The third-order valence-corrected chi connectivity index (χ3v) is 5.15. The molecule has 0 bridgehead atoms. The predicted molar refractivity (Wildman–Crippen MR) is 107 cm³/mol. The molecule has 1 aliphatic heterocycles. The van der Waals surface area contributed by atoms with Gasteiger partial charge in [0, 0.05) is 18.2 Å². The summed E-state index contributed by atoms with van der Waals surface area (Å²) in [7, 11) is 0. The van der Waals surface area contributed by atoms with Crippen molar-refractivity contribution in [1.82, 2.24) is 0 Å². The van der Waals surface area contributed by atoms with Gasteiger partial charge in [-0.2, -0.15) is 0 Å². The normalized spacial score (nSPS) is 24.9. The Hall–Kier alpha value is -3.06. The van der Waals surface area contributed by atoms with Crippen LogP contribution in [0, 0.1) is 0 Å². The number of rotatable bonds is 4. The standard InChI is InChI=1S/C21H20O11.ClH/c22-7-16-17(27)18(28)19(29)21(32-16)31-15-6-10-12(25)4-9(23)5-14(10)30-20(15)8-1-2-11(24)13(26)3-8;/h1-6,16-19,21-22,27-29H,7H2,(H3-,23,24,25,26);1H/t16-,17-,18+,19-,21-;/m0./s1. The van der Waals surface area contributed by atoms with Crippen molar-refractivity contribution in [2.24, 2.45) is 0 Å². The Morgan fingerprint density at radius 3 is 2.24 bits per heavy atom. The first-order chi connectivity index (χ1) is 15.2. The molecule has 3 aromatic rings. The number of fused-ring (bicyclic) bond motifs is 1. The molecule has 0 spiro atoms. The lowest BCUT2D eigenvalue weighted by molar-refractivity contribution is -0.277. The lowest BCUT2D eigenvalue weighted by Gasteiger charge is -2.39. The van der Waals surface area contributed by atoms with Crippen LogP contribution in [0.2, 0.25) is 0 Å². The van der Waals surface area contributed by atoms with E-state index in [-0.39, 0.29) is 57.7 Å². The van der Waals surface area contributed by atoms with Gasteiger partial charge in [-0.25, -0.2) is 4.42 Å². The number of aromatic hydroxyl groups is 4. The van der Waals surface area contributed by atoms with E-state index >= 15 is 0 Å². The summed E-state index contributed by atoms with van der Waals surface area (Å²) in [5.74, 6) is -1.64. The second-order valence-electron chi connectivity index (χ2n) is 7.34. The van der Waals surface area contributed by atoms with Crippen LogP contribution in [0.4, 0.5) is 0 Å². The molecule has 2 heterocycles. The van der Waals surface area contributed by atoms with Gasteiger partial charge in [0.25, 0.3) is 0 Å². The fraction of sp³-hybridized carbons (Fsp3) is 0.286. The Morgan fingerprint density at radius 1 is 0.848 bits per heavy atom. The number of hydrogen-bond acceptors (Lipinski definition) is 10. The number of hydrogen-bond donors (Lipinski definition) is 8. The fourth-order valence-electron chi connectivity index (χ4n) is 3.43. The summed E-state index contributed by atoms with van der Waals surface area (Å²) in [5, 5.41) is 79.2. The highest BCUT2D eigenvalue weighted by atomic mass is 35.5. The highest BCUT2D eigenvalue weighted by Gasteiger charge is 2.45. The van der Waals surface area contributed by atoms with E-state index < -0.39 is 43.1 Å². The predicted octanol–water partition coefficient (Wildman–Crippen LogP) is -2.61. The summed E-state index contributed by atoms with van der Waals surface area (Å²) in [6.45, 7) is -0.661. The van der Waals surface area contributed by atoms with Gasteiger partial charge in [0.1, 0.15) is 41.3 Å². The monoisotopic (exact) mass is 484 g/mol. The van der Waals surface area contributed by atoms with Crippen LogP contribution in [0.25, 0.3) is 22.3 Å². The van der Waals surface area contributed by atoms with Crippen LogP contribution < -0.4 is 17.1 Å². The fourth-order valence-corrected chi connectivity index (χ4v) is 3.43. The molecule has 0 radical (unpaired) electrons. The van der Waals surface area contributed by atoms with Crippen LogP contribution in [0.5, 0.6) is 28.7 Å². The van der Waals surface area contributed by atoms with Crippen molar-refractivity contribution < 1.29 is 67.2 Å². The molecule has 12 heteroatoms. The molecule has 1 aliphatic rings. The molecule has 8 N–H and O–H groups in total. The maximum Gasteiger partial charge on any atom is 0.402 e. The van der Waals surface area contributed by atoms with Gasteiger partial charge in [-0.1, -0.05) is 0 Å². The first kappa shape index (κ1) is 24.6. The van der Waals surface area contributed by atoms with Crippen molar-refractivity contribution in [3.63, 3.8) is 0 Å². The van der Waals surface area contributed by atoms with E-state index in [9.17, 15) is 40.9 Å². The van der Waals surface area contributed by atoms with Crippen molar-refractivity contribution in [2.45, 2.75) is 30.7 Å². The molecule has 11 nitrogen and oxygen atoms in total. The minimum atomic E-state index is -1.71. The average Bonchev–Trinajstić information content (AvgIpc) is 2.76. The van der Waals surface area contributed by atoms with Gasteiger partial charge in [-0.15, -0.1) is 0 Å². The number of phenols is 4. The summed E-state index contributed by atoms with van der Waals surface area (Å²) in [5.41, 5.74) is 0.260. The smallest absolute Gasteiger partial charge is 0.402 e. The molecular formula is C21H21ClO11. The lowest BCUT2D eigenvalue weighted by atomic mass is 9.99. The molecule has 0 aliphatic carbocycles. The maximum atomic E-state index is 10.3. The van der Waals surface area contributed by atoms with E-state index in [0.29, 0.717) is 0 Å². The minimum absolute atomic E-state index is 0. The van der Waals surface area contributed by atoms with Gasteiger partial charge in [0.2, 0.25) is 12.0 Å². The first-order valence-electron chi connectivity index (χ1n) is 9.52. The molecule has 0 saturated carbocycles. The van der Waals surface area contributed by atoms with Crippen molar-refractivity contribution in [3.8, 4) is 40.1 Å². The molecule has 1 saturated heterocycles. The van der Waals surface area contributed by atoms with Crippen molar-refractivity contribution in [2.75, 3.05) is 6.61 Å². The van der Waals surface area contributed by atoms with Crippen molar-refractivity contribution in [3.05, 3.63) is 36.4 Å². The van der Waals surface area contributed by atoms with Crippen LogP contribution in [0.1, 0.15) is 0 Å². The van der Waals surface area contributed by atoms with Gasteiger partial charge in [0.15, 0.2) is 11.5 Å². The van der Waals surface area contributed by atoms with Gasteiger partial charge in [-0.3, -0.25) is 0 Å². The zero-order chi connectivity index (χ0) is 23.2. The molecule has 4 rings (SSSR count). The summed E-state index contributed by atoms with van der Waals surface area (Å²) in [6.07, 6.45) is -7.76. The number of aliphatic hydroxyl groups is 4. The second kappa shape index (κ2) is 9.43. The van der Waals surface area contributed by atoms with Crippen molar-refractivity contribution in [1.29, 1.82) is 0 Å². The van der Waals surface area contributed by atoms with E-state index in [1.54, 1.807) is 0 Å². The Labute approximate surface area is 192 Å². The van der Waals surface area contributed by atoms with Crippen molar-refractivity contribution >= 4 is 11.0 Å². The highest BCUT2D eigenvalue weighted by Crippen LogP contribution is 2.42. The van der Waals surface area contributed by atoms with Gasteiger partial charge in [-0.05, 0) is 12.1 Å². The summed E-state index contributed by atoms with van der Waals surface area (Å²) >= 11 is 0. The highest BCUT2D eigenvalue weighted by molar-refractivity contribution is 5.88. The van der Waals surface area contributed by atoms with E-state index in [0.717, 1.165) is 6.07 Å². The quantitative estimate of drug-likeness (QED) is 0.143. The summed E-state index contributed by atoms with van der Waals surface area (Å²) in [4.78, 5) is 0. The van der Waals surface area contributed by atoms with E-state index in [1.807, 2.05) is 0 Å². The second-order valence-corrected chi connectivity index (χ2v) is 7.34. The SMILES string of the molecule is OC[C@@H]1O[C@H](Oc2cc3c(O)cc(O)cc3[o+]c2-c2ccc(O)c(O)c2)[C@@H](O)[C@H](O)[C@H]1O.[Cl-]. The molecular weight excluding hydrogens is 464 g/mol. The Balaban J connectivity index is 0.00000306. The molecule has 2 aromatic carbocycles. The molecule has 178 valence electrons. The topological polar surface area (TPSA) is 192 Å². The van der Waals surface area contributed by atoms with E-state index in [4.69, 9.17) is 13.9 Å². The van der Waals surface area contributed by atoms with Crippen LogP contribution in [0.15, 0.2) is 40.8 Å². The lowest BCUT2D eigenvalue weighted by Crippen LogP contribution is -3.00. The van der Waals surface area contributed by atoms with Gasteiger partial charge >= 0.3 is 11.3 Å². The Morgan fingerprint density at radius 2 is 1.58 bits per heavy atom. The van der Waals surface area contributed by atoms with Gasteiger partial charge < -0.3 is 62.7 Å². The van der Waals surface area contributed by atoms with Crippen LogP contribution >= 0.6 is 0 Å². The third kappa shape index (κ3) is 4.55. The van der Waals surface area contributed by atoms with E-state index in [2.05, 4.69) is 0 Å². The molecule has 1 fully saturated rings. The van der Waals surface area contributed by atoms with Crippen LogP contribution in [-0.4, -0.2) is 78.2 Å². The number of aliphatic hydroxyl groups excluding tert-OH is 4. The Kier molecular flexibility index (Phi) is 7.03. The maximum absolute atomic E-state index is 10.3. The third-order valence-electron chi connectivity index (χ3n) is 5.15. The number of benzene rings is 2. The average molecular weight is 485 g/mol. The molecule has 0 amide bonds. The Bertz CT molecular complexity index is 1150. The minimum Gasteiger partial charge on any atom is -1.00 e. The van der Waals surface area contributed by atoms with Crippen LogP contribution in [0.3, 0.4) is 0 Å². The van der Waals surface area contributed by atoms with E-state index in [1.165, 1.54) is 30.3 Å². The number of ether oxygens (including phenoxy) is 2. The first-order valence-corrected chi connectivity index (χ1v) is 9.52. The zero-order valence-electron chi connectivity index (χ0n) is 16.7. The molecule has 33 heavy (non-hydrogen) atoms.